The molecule has 1 aromatic carbocycles. The van der Waals surface area contributed by atoms with E-state index < -0.39 is 11.7 Å². The summed E-state index contributed by atoms with van der Waals surface area (Å²) in [5.74, 6) is 0. The largest absolute Gasteiger partial charge is 0.417 e. The van der Waals surface area contributed by atoms with E-state index in [1.54, 1.807) is 23.3 Å². The van der Waals surface area contributed by atoms with Gasteiger partial charge in [0.1, 0.15) is 0 Å². The smallest absolute Gasteiger partial charge is 0.382 e. The molecular weight excluding hydrogens is 307 g/mol. The van der Waals surface area contributed by atoms with Crippen molar-refractivity contribution in [3.05, 3.63) is 41.7 Å². The molecule has 8 heteroatoms. The van der Waals surface area contributed by atoms with Gasteiger partial charge in [-0.3, -0.25) is 0 Å². The molecule has 0 saturated heterocycles. The molecule has 1 fully saturated rings. The van der Waals surface area contributed by atoms with Crippen molar-refractivity contribution in [3.63, 3.8) is 0 Å². The summed E-state index contributed by atoms with van der Waals surface area (Å²) in [6, 6.07) is 5.50. The van der Waals surface area contributed by atoms with E-state index in [1.807, 2.05) is 0 Å². The van der Waals surface area contributed by atoms with Crippen molar-refractivity contribution >= 4 is 5.69 Å². The summed E-state index contributed by atoms with van der Waals surface area (Å²) in [7, 11) is 0. The SMILES string of the molecule is N#Cc1ccc(NC2CCC(n3nccn3)C2)cc1C(F)(F)F. The molecule has 0 radical (unpaired) electrons. The summed E-state index contributed by atoms with van der Waals surface area (Å²) in [5.41, 5.74) is -0.906. The van der Waals surface area contributed by atoms with E-state index in [1.165, 1.54) is 12.1 Å². The molecule has 1 aliphatic carbocycles. The summed E-state index contributed by atoms with van der Waals surface area (Å²) in [6.07, 6.45) is 1.12. The molecule has 0 bridgehead atoms. The third-order valence-electron chi connectivity index (χ3n) is 3.98. The zero-order chi connectivity index (χ0) is 16.4. The predicted octanol–water partition coefficient (Wildman–Crippen LogP) is 3.37. The maximum atomic E-state index is 13.0. The van der Waals surface area contributed by atoms with Crippen LogP contribution in [0.15, 0.2) is 30.6 Å². The second kappa shape index (κ2) is 5.91. The Labute approximate surface area is 130 Å². The number of halogens is 3. The number of benzene rings is 1. The molecule has 2 aromatic rings. The molecule has 5 nitrogen and oxygen atoms in total. The van der Waals surface area contributed by atoms with Gasteiger partial charge in [0.05, 0.1) is 35.6 Å². The van der Waals surface area contributed by atoms with Gasteiger partial charge in [0.2, 0.25) is 0 Å². The van der Waals surface area contributed by atoms with Crippen LogP contribution in [0.2, 0.25) is 0 Å². The number of anilines is 1. The van der Waals surface area contributed by atoms with Gasteiger partial charge in [0.25, 0.3) is 0 Å². The Morgan fingerprint density at radius 1 is 1.22 bits per heavy atom. The lowest BCUT2D eigenvalue weighted by Crippen LogP contribution is -2.18. The number of nitrogens with one attached hydrogen (secondary N) is 1. The van der Waals surface area contributed by atoms with Crippen LogP contribution in [0.4, 0.5) is 18.9 Å². The maximum Gasteiger partial charge on any atom is 0.417 e. The van der Waals surface area contributed by atoms with E-state index in [2.05, 4.69) is 15.5 Å². The summed E-state index contributed by atoms with van der Waals surface area (Å²) in [6.45, 7) is 0. The molecule has 2 atom stereocenters. The Kier molecular flexibility index (Phi) is 3.94. The van der Waals surface area contributed by atoms with Crippen LogP contribution in [0.25, 0.3) is 0 Å². The molecule has 1 N–H and O–H groups in total. The van der Waals surface area contributed by atoms with E-state index in [0.29, 0.717) is 5.69 Å². The molecule has 1 aromatic heterocycles. The Bertz CT molecular complexity index is 718. The van der Waals surface area contributed by atoms with Crippen molar-refractivity contribution in [2.45, 2.75) is 37.5 Å². The Morgan fingerprint density at radius 2 is 1.96 bits per heavy atom. The van der Waals surface area contributed by atoms with E-state index in [-0.39, 0.29) is 17.6 Å². The normalized spacial score (nSPS) is 21.1. The van der Waals surface area contributed by atoms with Crippen LogP contribution in [-0.2, 0) is 6.18 Å². The minimum absolute atomic E-state index is 0.0556. The molecule has 1 aliphatic rings. The fraction of sp³-hybridized carbons (Fsp3) is 0.400. The van der Waals surface area contributed by atoms with Crippen molar-refractivity contribution in [3.8, 4) is 6.07 Å². The monoisotopic (exact) mass is 321 g/mol. The number of aromatic nitrogens is 3. The van der Waals surface area contributed by atoms with E-state index >= 15 is 0 Å². The van der Waals surface area contributed by atoms with Gasteiger partial charge in [0, 0.05) is 11.7 Å². The maximum absolute atomic E-state index is 13.0. The summed E-state index contributed by atoms with van der Waals surface area (Å²) >= 11 is 0. The molecule has 0 amide bonds. The van der Waals surface area contributed by atoms with Crippen molar-refractivity contribution in [1.29, 1.82) is 5.26 Å². The first-order valence-electron chi connectivity index (χ1n) is 7.21. The topological polar surface area (TPSA) is 66.5 Å². The lowest BCUT2D eigenvalue weighted by molar-refractivity contribution is -0.137. The average Bonchev–Trinajstić information content (AvgIpc) is 3.17. The number of hydrogen-bond acceptors (Lipinski definition) is 4. The molecule has 120 valence electrons. The van der Waals surface area contributed by atoms with E-state index in [9.17, 15) is 13.2 Å². The lowest BCUT2D eigenvalue weighted by Gasteiger charge is -2.17. The number of rotatable bonds is 3. The summed E-state index contributed by atoms with van der Waals surface area (Å²) in [4.78, 5) is 1.64. The van der Waals surface area contributed by atoms with Crippen LogP contribution in [0.1, 0.15) is 36.4 Å². The third-order valence-corrected chi connectivity index (χ3v) is 3.98. The average molecular weight is 321 g/mol. The molecule has 2 unspecified atom stereocenters. The van der Waals surface area contributed by atoms with Gasteiger partial charge >= 0.3 is 6.18 Å². The van der Waals surface area contributed by atoms with Gasteiger partial charge in [0.15, 0.2) is 0 Å². The molecule has 0 aliphatic heterocycles. The predicted molar refractivity (Wildman–Crippen MR) is 76.5 cm³/mol. The van der Waals surface area contributed by atoms with Crippen LogP contribution < -0.4 is 5.32 Å². The minimum atomic E-state index is -4.54. The Morgan fingerprint density at radius 3 is 2.61 bits per heavy atom. The molecular formula is C15H14F3N5. The van der Waals surface area contributed by atoms with Crippen molar-refractivity contribution < 1.29 is 13.2 Å². The zero-order valence-corrected chi connectivity index (χ0v) is 12.1. The molecule has 23 heavy (non-hydrogen) atoms. The molecule has 1 saturated carbocycles. The van der Waals surface area contributed by atoms with Crippen LogP contribution in [0, 0.1) is 11.3 Å². The third kappa shape index (κ3) is 3.28. The fourth-order valence-electron chi connectivity index (χ4n) is 2.91. The number of nitrogens with zero attached hydrogens (tertiary/aromatic N) is 4. The standard InChI is InChI=1S/C15H14F3N5/c16-15(17,18)14-8-12(2-1-10(14)9-19)22-11-3-4-13(7-11)23-20-5-6-21-23/h1-2,5-6,8,11,13,22H,3-4,7H2. The highest BCUT2D eigenvalue weighted by Gasteiger charge is 2.34. The summed E-state index contributed by atoms with van der Waals surface area (Å²) < 4.78 is 38.9. The number of hydrogen-bond donors (Lipinski definition) is 1. The van der Waals surface area contributed by atoms with Crippen LogP contribution in [-0.4, -0.2) is 21.0 Å². The zero-order valence-electron chi connectivity index (χ0n) is 12.1. The number of nitriles is 1. The second-order valence-electron chi connectivity index (χ2n) is 5.53. The van der Waals surface area contributed by atoms with Crippen molar-refractivity contribution in [1.82, 2.24) is 15.0 Å². The van der Waals surface area contributed by atoms with Gasteiger partial charge < -0.3 is 5.32 Å². The first-order chi connectivity index (χ1) is 11.0. The van der Waals surface area contributed by atoms with Crippen molar-refractivity contribution in [2.24, 2.45) is 0 Å². The Hall–Kier alpha value is -2.56. The number of alkyl halides is 3. The Balaban J connectivity index is 1.73. The molecule has 1 heterocycles. The highest BCUT2D eigenvalue weighted by Crippen LogP contribution is 2.35. The second-order valence-corrected chi connectivity index (χ2v) is 5.53. The quantitative estimate of drug-likeness (QED) is 0.941. The first-order valence-corrected chi connectivity index (χ1v) is 7.21. The lowest BCUT2D eigenvalue weighted by atomic mass is 10.1. The van der Waals surface area contributed by atoms with Gasteiger partial charge in [-0.05, 0) is 37.5 Å². The van der Waals surface area contributed by atoms with Crippen molar-refractivity contribution in [2.75, 3.05) is 5.32 Å². The summed E-state index contributed by atoms with van der Waals surface area (Å²) in [5, 5.41) is 20.1. The van der Waals surface area contributed by atoms with Gasteiger partial charge in [-0.15, -0.1) is 0 Å². The molecule has 0 spiro atoms. The van der Waals surface area contributed by atoms with Crippen LogP contribution in [0.5, 0.6) is 0 Å². The minimum Gasteiger partial charge on any atom is -0.382 e. The van der Waals surface area contributed by atoms with E-state index in [0.717, 1.165) is 25.3 Å². The van der Waals surface area contributed by atoms with Crippen LogP contribution in [0.3, 0.4) is 0 Å². The van der Waals surface area contributed by atoms with Crippen LogP contribution >= 0.6 is 0 Å². The highest BCUT2D eigenvalue weighted by atomic mass is 19.4. The van der Waals surface area contributed by atoms with E-state index in [4.69, 9.17) is 5.26 Å². The van der Waals surface area contributed by atoms with Gasteiger partial charge in [-0.25, -0.2) is 0 Å². The first kappa shape index (κ1) is 15.3. The van der Waals surface area contributed by atoms with Gasteiger partial charge in [-0.1, -0.05) is 0 Å². The fourth-order valence-corrected chi connectivity index (χ4v) is 2.91. The highest BCUT2D eigenvalue weighted by molar-refractivity contribution is 5.53. The molecule has 3 rings (SSSR count). The van der Waals surface area contributed by atoms with Gasteiger partial charge in [-0.2, -0.15) is 33.4 Å².